The standard InChI is InChI=1S/C19H25BrN4O.HI/c1-21-19(22-13-15-6-8-16(20)9-7-15)23-14-17(18-5-4-12-25-18)24-10-2-3-11-24;/h4-9,12,17H,2-3,10-11,13-14H2,1H3,(H2,21,22,23);1H. The fraction of sp³-hybridized carbons (Fsp3) is 0.421. The molecule has 0 saturated carbocycles. The van der Waals surface area contributed by atoms with E-state index in [2.05, 4.69) is 54.7 Å². The van der Waals surface area contributed by atoms with Gasteiger partial charge >= 0.3 is 0 Å². The molecule has 142 valence electrons. The zero-order valence-electron chi connectivity index (χ0n) is 15.0. The van der Waals surface area contributed by atoms with Crippen molar-refractivity contribution in [2.24, 2.45) is 4.99 Å². The summed E-state index contributed by atoms with van der Waals surface area (Å²) in [5.74, 6) is 1.82. The van der Waals surface area contributed by atoms with E-state index in [1.165, 1.54) is 18.4 Å². The lowest BCUT2D eigenvalue weighted by atomic mass is 10.2. The number of likely N-dealkylation sites (tertiary alicyclic amines) is 1. The molecular weight excluding hydrogens is 507 g/mol. The van der Waals surface area contributed by atoms with Crippen molar-refractivity contribution in [1.82, 2.24) is 15.5 Å². The summed E-state index contributed by atoms with van der Waals surface area (Å²) < 4.78 is 6.76. The summed E-state index contributed by atoms with van der Waals surface area (Å²) in [7, 11) is 1.80. The number of rotatable bonds is 6. The molecule has 7 heteroatoms. The average Bonchev–Trinajstić information content (AvgIpc) is 3.33. The van der Waals surface area contributed by atoms with Crippen molar-refractivity contribution >= 4 is 45.9 Å². The molecule has 0 radical (unpaired) electrons. The van der Waals surface area contributed by atoms with Crippen molar-refractivity contribution in [3.63, 3.8) is 0 Å². The van der Waals surface area contributed by atoms with Crippen molar-refractivity contribution in [3.8, 4) is 0 Å². The van der Waals surface area contributed by atoms with E-state index in [1.807, 2.05) is 18.2 Å². The molecule has 1 aromatic carbocycles. The maximum absolute atomic E-state index is 5.67. The summed E-state index contributed by atoms with van der Waals surface area (Å²) in [6.07, 6.45) is 4.26. The molecule has 1 aliphatic heterocycles. The fourth-order valence-corrected chi connectivity index (χ4v) is 3.41. The van der Waals surface area contributed by atoms with E-state index in [9.17, 15) is 0 Å². The van der Waals surface area contributed by atoms with E-state index >= 15 is 0 Å². The predicted octanol–water partition coefficient (Wildman–Crippen LogP) is 4.16. The first kappa shape index (κ1) is 21.2. The Hall–Kier alpha value is -1.06. The number of nitrogens with zero attached hydrogens (tertiary/aromatic N) is 2. The quantitative estimate of drug-likeness (QED) is 0.333. The summed E-state index contributed by atoms with van der Waals surface area (Å²) in [6, 6.07) is 12.5. The van der Waals surface area contributed by atoms with Crippen molar-refractivity contribution in [2.75, 3.05) is 26.7 Å². The first-order chi connectivity index (χ1) is 12.3. The molecule has 1 fully saturated rings. The van der Waals surface area contributed by atoms with Gasteiger partial charge < -0.3 is 15.1 Å². The first-order valence-corrected chi connectivity index (χ1v) is 9.52. The summed E-state index contributed by atoms with van der Waals surface area (Å²) in [5.41, 5.74) is 1.22. The molecule has 2 heterocycles. The highest BCUT2D eigenvalue weighted by Gasteiger charge is 2.25. The Morgan fingerprint density at radius 2 is 1.92 bits per heavy atom. The highest BCUT2D eigenvalue weighted by atomic mass is 127. The van der Waals surface area contributed by atoms with Gasteiger partial charge in [-0.15, -0.1) is 24.0 Å². The van der Waals surface area contributed by atoms with E-state index in [-0.39, 0.29) is 30.0 Å². The van der Waals surface area contributed by atoms with E-state index in [0.717, 1.165) is 42.4 Å². The lowest BCUT2D eigenvalue weighted by Gasteiger charge is -2.26. The Kier molecular flexibility index (Phi) is 8.94. The Morgan fingerprint density at radius 1 is 1.19 bits per heavy atom. The molecule has 0 aliphatic carbocycles. The molecule has 0 bridgehead atoms. The predicted molar refractivity (Wildman–Crippen MR) is 120 cm³/mol. The number of hydrogen-bond donors (Lipinski definition) is 2. The average molecular weight is 533 g/mol. The molecule has 2 N–H and O–H groups in total. The van der Waals surface area contributed by atoms with Gasteiger partial charge in [0.1, 0.15) is 5.76 Å². The Bertz CT molecular complexity index is 669. The van der Waals surface area contributed by atoms with Crippen LogP contribution in [0.25, 0.3) is 0 Å². The Morgan fingerprint density at radius 3 is 2.54 bits per heavy atom. The fourth-order valence-electron chi connectivity index (χ4n) is 3.15. The number of guanidine groups is 1. The number of hydrogen-bond acceptors (Lipinski definition) is 3. The molecule has 0 spiro atoms. The van der Waals surface area contributed by atoms with E-state index < -0.39 is 0 Å². The van der Waals surface area contributed by atoms with Gasteiger partial charge in [0.05, 0.1) is 12.3 Å². The third kappa shape index (κ3) is 5.99. The maximum atomic E-state index is 5.67. The number of aliphatic imine (C=N–C) groups is 1. The zero-order valence-corrected chi connectivity index (χ0v) is 18.9. The van der Waals surface area contributed by atoms with Gasteiger partial charge in [-0.25, -0.2) is 0 Å². The minimum Gasteiger partial charge on any atom is -0.468 e. The van der Waals surface area contributed by atoms with Crippen molar-refractivity contribution in [1.29, 1.82) is 0 Å². The summed E-state index contributed by atoms with van der Waals surface area (Å²) >= 11 is 3.46. The van der Waals surface area contributed by atoms with Crippen LogP contribution in [0.1, 0.15) is 30.2 Å². The highest BCUT2D eigenvalue weighted by Crippen LogP contribution is 2.24. The highest BCUT2D eigenvalue weighted by molar-refractivity contribution is 14.0. The van der Waals surface area contributed by atoms with Gasteiger partial charge in [0.2, 0.25) is 0 Å². The minimum absolute atomic E-state index is 0. The normalized spacial score (nSPS) is 16.2. The van der Waals surface area contributed by atoms with Crippen LogP contribution in [0.2, 0.25) is 0 Å². The van der Waals surface area contributed by atoms with Crippen LogP contribution >= 0.6 is 39.9 Å². The molecule has 2 aromatic rings. The van der Waals surface area contributed by atoms with Crippen LogP contribution in [-0.2, 0) is 6.54 Å². The molecular formula is C19H26BrIN4O. The largest absolute Gasteiger partial charge is 0.468 e. The topological polar surface area (TPSA) is 52.8 Å². The summed E-state index contributed by atoms with van der Waals surface area (Å²) in [5, 5.41) is 6.82. The van der Waals surface area contributed by atoms with Crippen molar-refractivity contribution in [2.45, 2.75) is 25.4 Å². The second-order valence-corrected chi connectivity index (χ2v) is 7.12. The van der Waals surface area contributed by atoms with Gasteiger partial charge in [0.25, 0.3) is 0 Å². The summed E-state index contributed by atoms with van der Waals surface area (Å²) in [4.78, 5) is 6.82. The smallest absolute Gasteiger partial charge is 0.191 e. The third-order valence-corrected chi connectivity index (χ3v) is 5.04. The maximum Gasteiger partial charge on any atom is 0.191 e. The number of halogens is 2. The van der Waals surface area contributed by atoms with Gasteiger partial charge in [0.15, 0.2) is 5.96 Å². The van der Waals surface area contributed by atoms with Crippen LogP contribution in [0.5, 0.6) is 0 Å². The van der Waals surface area contributed by atoms with E-state index in [1.54, 1.807) is 13.3 Å². The number of furan rings is 1. The Balaban J connectivity index is 0.00000243. The lowest BCUT2D eigenvalue weighted by Crippen LogP contribution is -2.42. The van der Waals surface area contributed by atoms with Crippen LogP contribution in [0.4, 0.5) is 0 Å². The minimum atomic E-state index is 0. The van der Waals surface area contributed by atoms with Crippen molar-refractivity contribution in [3.05, 3.63) is 58.5 Å². The monoisotopic (exact) mass is 532 g/mol. The van der Waals surface area contributed by atoms with E-state index in [4.69, 9.17) is 4.42 Å². The third-order valence-electron chi connectivity index (χ3n) is 4.51. The van der Waals surface area contributed by atoms with Crippen LogP contribution in [0.15, 0.2) is 56.5 Å². The molecule has 1 unspecified atom stereocenters. The van der Waals surface area contributed by atoms with Gasteiger partial charge in [-0.3, -0.25) is 9.89 Å². The zero-order chi connectivity index (χ0) is 17.5. The SMILES string of the molecule is CN=C(NCc1ccc(Br)cc1)NCC(c1ccco1)N1CCCC1.I. The molecule has 1 aromatic heterocycles. The molecule has 0 amide bonds. The van der Waals surface area contributed by atoms with Crippen LogP contribution in [-0.4, -0.2) is 37.5 Å². The van der Waals surface area contributed by atoms with E-state index in [0.29, 0.717) is 0 Å². The van der Waals surface area contributed by atoms with Gasteiger partial charge in [-0.05, 0) is 55.8 Å². The number of benzene rings is 1. The van der Waals surface area contributed by atoms with Crippen molar-refractivity contribution < 1.29 is 4.42 Å². The molecule has 1 atom stereocenters. The second kappa shape index (κ2) is 10.9. The van der Waals surface area contributed by atoms with Crippen LogP contribution < -0.4 is 10.6 Å². The molecule has 3 rings (SSSR count). The molecule has 1 aliphatic rings. The van der Waals surface area contributed by atoms with Crippen LogP contribution in [0, 0.1) is 0 Å². The second-order valence-electron chi connectivity index (χ2n) is 6.21. The first-order valence-electron chi connectivity index (χ1n) is 8.72. The Labute approximate surface area is 180 Å². The molecule has 5 nitrogen and oxygen atoms in total. The van der Waals surface area contributed by atoms with Gasteiger partial charge in [0, 0.05) is 24.6 Å². The molecule has 1 saturated heterocycles. The van der Waals surface area contributed by atoms with Gasteiger partial charge in [-0.2, -0.15) is 0 Å². The summed E-state index contributed by atoms with van der Waals surface area (Å²) in [6.45, 7) is 3.76. The van der Waals surface area contributed by atoms with Crippen LogP contribution in [0.3, 0.4) is 0 Å². The van der Waals surface area contributed by atoms with Gasteiger partial charge in [-0.1, -0.05) is 28.1 Å². The molecule has 26 heavy (non-hydrogen) atoms. The lowest BCUT2D eigenvalue weighted by molar-refractivity contribution is 0.215. The number of nitrogens with one attached hydrogen (secondary N) is 2.